The van der Waals surface area contributed by atoms with E-state index in [0.29, 0.717) is 35.9 Å². The number of hydrogen-bond acceptors (Lipinski definition) is 1. The molecule has 2 heterocycles. The first-order valence-corrected chi connectivity index (χ1v) is 19.8. The van der Waals surface area contributed by atoms with Gasteiger partial charge in [0, 0.05) is 58.2 Å². The molecule has 50 heavy (non-hydrogen) atoms. The zero-order valence-electron chi connectivity index (χ0n) is 29.4. The van der Waals surface area contributed by atoms with Gasteiger partial charge in [-0.15, -0.1) is 0 Å². The molecule has 10 rings (SSSR count). The van der Waals surface area contributed by atoms with E-state index in [4.69, 9.17) is 0 Å². The Morgan fingerprint density at radius 3 is 2.56 bits per heavy atom. The normalized spacial score (nSPS) is 30.3. The van der Waals surface area contributed by atoms with Crippen LogP contribution in [0.3, 0.4) is 0 Å². The second-order valence-corrected chi connectivity index (χ2v) is 15.9. The Morgan fingerprint density at radius 2 is 1.64 bits per heavy atom. The summed E-state index contributed by atoms with van der Waals surface area (Å²) < 4.78 is 2.60. The van der Waals surface area contributed by atoms with Crippen molar-refractivity contribution in [1.29, 1.82) is 0 Å². The van der Waals surface area contributed by atoms with Crippen molar-refractivity contribution in [3.05, 3.63) is 149 Å². The highest BCUT2D eigenvalue weighted by Gasteiger charge is 2.50. The van der Waals surface area contributed by atoms with Crippen LogP contribution in [0.5, 0.6) is 0 Å². The van der Waals surface area contributed by atoms with Gasteiger partial charge in [0.05, 0.1) is 5.52 Å². The van der Waals surface area contributed by atoms with E-state index in [2.05, 4.69) is 131 Å². The topological polar surface area (TPSA) is 8.17 Å². The Balaban J connectivity index is 0.984. The van der Waals surface area contributed by atoms with Crippen LogP contribution in [0.25, 0.3) is 28.2 Å². The number of benzene rings is 2. The van der Waals surface area contributed by atoms with Gasteiger partial charge < -0.3 is 4.57 Å². The molecule has 6 atom stereocenters. The van der Waals surface area contributed by atoms with Crippen LogP contribution in [-0.4, -0.2) is 27.6 Å². The van der Waals surface area contributed by atoms with E-state index in [0.717, 1.165) is 25.7 Å². The largest absolute Gasteiger partial charge is 0.313 e. The molecule has 2 nitrogen and oxygen atoms in total. The lowest BCUT2D eigenvalue weighted by Crippen LogP contribution is -2.46. The first kappa shape index (κ1) is 30.7. The van der Waals surface area contributed by atoms with Crippen molar-refractivity contribution in [3.63, 3.8) is 0 Å². The molecular weight excluding hydrogens is 605 g/mol. The lowest BCUT2D eigenvalue weighted by Gasteiger charge is -2.41. The number of fused-ring (bicyclic) bond motifs is 6. The maximum Gasteiger partial charge on any atom is 0.0537 e. The first-order chi connectivity index (χ1) is 24.8. The summed E-state index contributed by atoms with van der Waals surface area (Å²) >= 11 is 0. The van der Waals surface area contributed by atoms with Gasteiger partial charge in [-0.1, -0.05) is 103 Å². The molecule has 0 radical (unpaired) electrons. The fourth-order valence-corrected chi connectivity index (χ4v) is 10.9. The zero-order valence-corrected chi connectivity index (χ0v) is 29.4. The third-order valence-corrected chi connectivity index (χ3v) is 13.2. The maximum absolute atomic E-state index is 3.02. The van der Waals surface area contributed by atoms with E-state index in [1.54, 1.807) is 11.1 Å². The van der Waals surface area contributed by atoms with Gasteiger partial charge in [-0.05, 0) is 123 Å². The van der Waals surface area contributed by atoms with Crippen molar-refractivity contribution in [2.24, 2.45) is 11.8 Å². The summed E-state index contributed by atoms with van der Waals surface area (Å²) in [4.78, 5) is 3.02. The average molecular weight is 655 g/mol. The van der Waals surface area contributed by atoms with Crippen LogP contribution in [0.15, 0.2) is 127 Å². The molecule has 2 heteroatoms. The Labute approximate surface area is 298 Å². The van der Waals surface area contributed by atoms with Crippen molar-refractivity contribution in [3.8, 4) is 0 Å². The van der Waals surface area contributed by atoms with E-state index >= 15 is 0 Å². The highest BCUT2D eigenvalue weighted by Crippen LogP contribution is 2.50. The number of hydrogen-bond donors (Lipinski definition) is 0. The molecule has 6 unspecified atom stereocenters. The molecule has 1 aromatic heterocycles. The quantitative estimate of drug-likeness (QED) is 0.249. The van der Waals surface area contributed by atoms with Crippen LogP contribution in [-0.2, 0) is 6.42 Å². The Morgan fingerprint density at radius 1 is 0.700 bits per heavy atom. The smallest absolute Gasteiger partial charge is 0.0537 e. The first-order valence-electron chi connectivity index (χ1n) is 19.8. The van der Waals surface area contributed by atoms with E-state index in [9.17, 15) is 0 Å². The molecule has 0 N–H and O–H groups in total. The van der Waals surface area contributed by atoms with Crippen LogP contribution in [0.4, 0.5) is 0 Å². The van der Waals surface area contributed by atoms with Crippen molar-refractivity contribution in [2.75, 3.05) is 0 Å². The molecule has 3 aromatic rings. The van der Waals surface area contributed by atoms with Crippen molar-refractivity contribution < 1.29 is 0 Å². The molecule has 0 bridgehead atoms. The molecule has 1 fully saturated rings. The number of allylic oxidation sites excluding steroid dienone is 11. The van der Waals surface area contributed by atoms with Gasteiger partial charge >= 0.3 is 0 Å². The molecular formula is C48H50N2. The van der Waals surface area contributed by atoms with Crippen molar-refractivity contribution in [2.45, 2.75) is 101 Å². The average Bonchev–Trinajstić information content (AvgIpc) is 3.71. The Kier molecular flexibility index (Phi) is 7.90. The monoisotopic (exact) mass is 654 g/mol. The van der Waals surface area contributed by atoms with E-state index in [1.165, 1.54) is 95.9 Å². The standard InChI is InChI=1S/C48H50N2/c1-3-13-33(14-4-1)35-17-11-19-39(29-35)49-46-24-10-8-22-42(46)44-31-37(26-28-47(44)49)38-25-27-43-41-21-7-9-23-45(41)50(48(43)32-38)40-20-12-18-36(30-40)34-15-5-2-6-16-34/h1,3-4,7-8,12-15,18-22,25-29,31,38,40-41,43,45,48H,2,5-6,9-11,16-17,23-24,30,32H2. The SMILES string of the molecule is C1=CC(N2C3CCC=CC3C3C=CC(c4ccc5c(c4)c4c(n5C5=CCCC(c6ccccc6)=C5)CCC=C4)CC32)CC(C2=CCCCC2)=C1. The van der Waals surface area contributed by atoms with Gasteiger partial charge in [0.2, 0.25) is 0 Å². The predicted molar refractivity (Wildman–Crippen MR) is 211 cm³/mol. The van der Waals surface area contributed by atoms with E-state index < -0.39 is 0 Å². The second kappa shape index (κ2) is 12.9. The third-order valence-electron chi connectivity index (χ3n) is 13.2. The minimum atomic E-state index is 0.445. The molecule has 1 aliphatic heterocycles. The highest BCUT2D eigenvalue weighted by molar-refractivity contribution is 5.96. The van der Waals surface area contributed by atoms with Crippen LogP contribution >= 0.6 is 0 Å². The summed E-state index contributed by atoms with van der Waals surface area (Å²) in [6, 6.07) is 20.2. The number of aromatic nitrogens is 1. The fraction of sp³-hybridized carbons (Fsp3) is 0.375. The van der Waals surface area contributed by atoms with Crippen molar-refractivity contribution in [1.82, 2.24) is 9.47 Å². The lowest BCUT2D eigenvalue weighted by atomic mass is 9.75. The van der Waals surface area contributed by atoms with Crippen LogP contribution in [0.1, 0.15) is 98.9 Å². The van der Waals surface area contributed by atoms with Gasteiger partial charge in [0.1, 0.15) is 0 Å². The van der Waals surface area contributed by atoms with Gasteiger partial charge in [0.15, 0.2) is 0 Å². The molecule has 6 aliphatic carbocycles. The summed E-state index contributed by atoms with van der Waals surface area (Å²) in [7, 11) is 0. The number of nitrogens with zero attached hydrogens (tertiary/aromatic N) is 2. The lowest BCUT2D eigenvalue weighted by molar-refractivity contribution is 0.125. The van der Waals surface area contributed by atoms with E-state index in [1.807, 2.05) is 0 Å². The molecule has 1 saturated heterocycles. The predicted octanol–water partition coefficient (Wildman–Crippen LogP) is 11.8. The van der Waals surface area contributed by atoms with Gasteiger partial charge in [-0.2, -0.15) is 0 Å². The van der Waals surface area contributed by atoms with Crippen LogP contribution < -0.4 is 0 Å². The van der Waals surface area contributed by atoms with Gasteiger partial charge in [0.25, 0.3) is 0 Å². The van der Waals surface area contributed by atoms with Crippen LogP contribution in [0.2, 0.25) is 0 Å². The second-order valence-electron chi connectivity index (χ2n) is 15.9. The molecule has 0 amide bonds. The number of likely N-dealkylation sites (tertiary alicyclic amines) is 1. The molecule has 252 valence electrons. The van der Waals surface area contributed by atoms with Crippen molar-refractivity contribution >= 4 is 28.2 Å². The highest BCUT2D eigenvalue weighted by atomic mass is 15.3. The summed E-state index contributed by atoms with van der Waals surface area (Å²) in [6.07, 6.45) is 44.5. The Hall–Kier alpha value is -4.14. The summed E-state index contributed by atoms with van der Waals surface area (Å²) in [5.41, 5.74) is 13.2. The number of rotatable bonds is 5. The minimum absolute atomic E-state index is 0.445. The maximum atomic E-state index is 3.02. The Bertz CT molecular complexity index is 2050. The molecule has 2 aromatic carbocycles. The summed E-state index contributed by atoms with van der Waals surface area (Å²) in [6.45, 7) is 0. The summed E-state index contributed by atoms with van der Waals surface area (Å²) in [5, 5.41) is 1.43. The van der Waals surface area contributed by atoms with Gasteiger partial charge in [-0.25, -0.2) is 0 Å². The molecule has 0 spiro atoms. The zero-order chi connectivity index (χ0) is 33.0. The summed E-state index contributed by atoms with van der Waals surface area (Å²) in [5.74, 6) is 1.71. The third kappa shape index (κ3) is 5.25. The molecule has 0 saturated carbocycles. The minimum Gasteiger partial charge on any atom is -0.313 e. The van der Waals surface area contributed by atoms with Gasteiger partial charge in [-0.3, -0.25) is 4.90 Å². The van der Waals surface area contributed by atoms with E-state index in [-0.39, 0.29) is 0 Å². The molecule has 7 aliphatic rings. The fourth-order valence-electron chi connectivity index (χ4n) is 10.9. The van der Waals surface area contributed by atoms with Crippen LogP contribution in [0, 0.1) is 11.8 Å².